The van der Waals surface area contributed by atoms with Crippen LogP contribution in [0.3, 0.4) is 0 Å². The van der Waals surface area contributed by atoms with Gasteiger partial charge in [0.2, 0.25) is 5.95 Å². The zero-order chi connectivity index (χ0) is 23.0. The first kappa shape index (κ1) is 21.7. The Balaban J connectivity index is 1.44. The molecule has 2 aromatic carbocycles. The molecule has 0 aliphatic rings. The molecular formula is C24H22N6O3. The van der Waals surface area contributed by atoms with Gasteiger partial charge >= 0.3 is 0 Å². The quantitative estimate of drug-likeness (QED) is 0.326. The first-order valence-electron chi connectivity index (χ1n) is 10.2. The van der Waals surface area contributed by atoms with Crippen molar-refractivity contribution in [2.45, 2.75) is 0 Å². The number of pyridine rings is 1. The van der Waals surface area contributed by atoms with Crippen LogP contribution in [0.5, 0.6) is 11.5 Å². The normalized spacial score (nSPS) is 10.5. The van der Waals surface area contributed by atoms with Crippen LogP contribution in [0.4, 0.5) is 17.5 Å². The van der Waals surface area contributed by atoms with Gasteiger partial charge in [-0.2, -0.15) is 4.98 Å². The zero-order valence-corrected chi connectivity index (χ0v) is 17.6. The number of aliphatic hydroxyl groups is 1. The summed E-state index contributed by atoms with van der Waals surface area (Å²) < 4.78 is 5.83. The van der Waals surface area contributed by atoms with E-state index in [0.29, 0.717) is 17.3 Å². The number of hydrogen-bond acceptors (Lipinski definition) is 8. The number of nitrogens with two attached hydrogens (primary N) is 1. The molecule has 0 saturated carbocycles. The summed E-state index contributed by atoms with van der Waals surface area (Å²) in [6.45, 7) is 0.0162. The highest BCUT2D eigenvalue weighted by atomic mass is 16.5. The fourth-order valence-electron chi connectivity index (χ4n) is 3.04. The standard InChI is InChI=1S/C24H22N6O3/c25-24-29-20(16-4-2-1-3-5-16)15-22(30-24)28-17-6-8-18(9-7-17)33-19-10-11-26-21(14-19)23(32)27-12-13-31/h1-11,14-15,31H,12-13H2,(H,27,32)(H3,25,28,29,30). The molecule has 0 radical (unpaired) electrons. The van der Waals surface area contributed by atoms with Gasteiger partial charge in [-0.25, -0.2) is 4.98 Å². The molecule has 33 heavy (non-hydrogen) atoms. The number of benzene rings is 2. The lowest BCUT2D eigenvalue weighted by Gasteiger charge is -2.10. The molecule has 0 fully saturated rings. The average molecular weight is 442 g/mol. The van der Waals surface area contributed by atoms with E-state index in [1.807, 2.05) is 48.5 Å². The average Bonchev–Trinajstić information content (AvgIpc) is 2.84. The van der Waals surface area contributed by atoms with Gasteiger partial charge in [-0.3, -0.25) is 9.78 Å². The van der Waals surface area contributed by atoms with E-state index in [2.05, 4.69) is 25.6 Å². The van der Waals surface area contributed by atoms with E-state index in [0.717, 1.165) is 16.9 Å². The van der Waals surface area contributed by atoms with E-state index >= 15 is 0 Å². The predicted octanol–water partition coefficient (Wildman–Crippen LogP) is 3.38. The summed E-state index contributed by atoms with van der Waals surface area (Å²) in [5.41, 5.74) is 8.55. The molecule has 0 spiro atoms. The van der Waals surface area contributed by atoms with E-state index in [-0.39, 0.29) is 30.7 Å². The van der Waals surface area contributed by atoms with Crippen molar-refractivity contribution in [2.24, 2.45) is 0 Å². The van der Waals surface area contributed by atoms with Crippen molar-refractivity contribution in [3.05, 3.63) is 84.7 Å². The minimum atomic E-state index is -0.381. The fraction of sp³-hybridized carbons (Fsp3) is 0.0833. The number of amides is 1. The number of nitrogens with zero attached hydrogens (tertiary/aromatic N) is 3. The van der Waals surface area contributed by atoms with Crippen LogP contribution in [0.25, 0.3) is 11.3 Å². The fourth-order valence-corrected chi connectivity index (χ4v) is 3.04. The highest BCUT2D eigenvalue weighted by molar-refractivity contribution is 5.92. The largest absolute Gasteiger partial charge is 0.457 e. The Morgan fingerprint density at radius 2 is 1.76 bits per heavy atom. The van der Waals surface area contributed by atoms with Crippen LogP contribution >= 0.6 is 0 Å². The molecule has 0 unspecified atom stereocenters. The molecule has 0 aliphatic carbocycles. The Hall–Kier alpha value is -4.50. The lowest BCUT2D eigenvalue weighted by Crippen LogP contribution is -2.27. The molecule has 0 aliphatic heterocycles. The Morgan fingerprint density at radius 3 is 2.52 bits per heavy atom. The smallest absolute Gasteiger partial charge is 0.270 e. The molecule has 4 aromatic rings. The van der Waals surface area contributed by atoms with Crippen molar-refractivity contribution in [3.63, 3.8) is 0 Å². The summed E-state index contributed by atoms with van der Waals surface area (Å²) in [6.07, 6.45) is 1.49. The summed E-state index contributed by atoms with van der Waals surface area (Å²) in [5.74, 6) is 1.42. The van der Waals surface area contributed by atoms with Crippen molar-refractivity contribution < 1.29 is 14.6 Å². The molecule has 2 heterocycles. The van der Waals surface area contributed by atoms with E-state index in [9.17, 15) is 4.79 Å². The Morgan fingerprint density at radius 1 is 0.970 bits per heavy atom. The zero-order valence-electron chi connectivity index (χ0n) is 17.6. The van der Waals surface area contributed by atoms with Gasteiger partial charge in [0.25, 0.3) is 5.91 Å². The van der Waals surface area contributed by atoms with Crippen LogP contribution in [0.1, 0.15) is 10.5 Å². The topological polar surface area (TPSA) is 135 Å². The molecule has 1 amide bonds. The molecule has 5 N–H and O–H groups in total. The molecule has 2 aromatic heterocycles. The Bertz CT molecular complexity index is 1230. The van der Waals surface area contributed by atoms with Gasteiger partial charge < -0.3 is 26.2 Å². The number of rotatable bonds is 8. The van der Waals surface area contributed by atoms with E-state index in [4.69, 9.17) is 15.6 Å². The lowest BCUT2D eigenvalue weighted by atomic mass is 10.1. The van der Waals surface area contributed by atoms with Gasteiger partial charge in [0.15, 0.2) is 0 Å². The van der Waals surface area contributed by atoms with Gasteiger partial charge in [0.1, 0.15) is 23.0 Å². The SMILES string of the molecule is Nc1nc(Nc2ccc(Oc3ccnc(C(=O)NCCO)c3)cc2)cc(-c2ccccc2)n1. The molecule has 0 bridgehead atoms. The van der Waals surface area contributed by atoms with Crippen molar-refractivity contribution in [1.82, 2.24) is 20.3 Å². The third-order valence-electron chi connectivity index (χ3n) is 4.54. The number of carbonyl (C=O) groups excluding carboxylic acids is 1. The van der Waals surface area contributed by atoms with Crippen molar-refractivity contribution in [1.29, 1.82) is 0 Å². The summed E-state index contributed by atoms with van der Waals surface area (Å²) in [4.78, 5) is 24.6. The maximum atomic E-state index is 12.0. The monoisotopic (exact) mass is 442 g/mol. The third-order valence-corrected chi connectivity index (χ3v) is 4.54. The minimum Gasteiger partial charge on any atom is -0.457 e. The van der Waals surface area contributed by atoms with Crippen LogP contribution in [0, 0.1) is 0 Å². The maximum Gasteiger partial charge on any atom is 0.270 e. The van der Waals surface area contributed by atoms with Crippen molar-refractivity contribution in [2.75, 3.05) is 24.2 Å². The lowest BCUT2D eigenvalue weighted by molar-refractivity contribution is 0.0939. The van der Waals surface area contributed by atoms with Crippen LogP contribution in [0.2, 0.25) is 0 Å². The number of aliphatic hydroxyl groups excluding tert-OH is 1. The number of hydrogen-bond donors (Lipinski definition) is 4. The first-order chi connectivity index (χ1) is 16.1. The highest BCUT2D eigenvalue weighted by Gasteiger charge is 2.09. The van der Waals surface area contributed by atoms with E-state index < -0.39 is 0 Å². The number of carbonyl (C=O) groups is 1. The number of aromatic nitrogens is 3. The van der Waals surface area contributed by atoms with Gasteiger partial charge in [-0.1, -0.05) is 30.3 Å². The van der Waals surface area contributed by atoms with Gasteiger partial charge in [0.05, 0.1) is 12.3 Å². The molecular weight excluding hydrogens is 420 g/mol. The predicted molar refractivity (Wildman–Crippen MR) is 125 cm³/mol. The first-order valence-corrected chi connectivity index (χ1v) is 10.2. The number of ether oxygens (including phenoxy) is 1. The molecule has 0 saturated heterocycles. The summed E-state index contributed by atoms with van der Waals surface area (Å²) in [5, 5.41) is 14.6. The molecule has 9 heteroatoms. The van der Waals surface area contributed by atoms with Crippen molar-refractivity contribution >= 4 is 23.4 Å². The molecule has 166 valence electrons. The second-order valence-electron chi connectivity index (χ2n) is 6.97. The maximum absolute atomic E-state index is 12.0. The Kier molecular flexibility index (Phi) is 6.72. The van der Waals surface area contributed by atoms with E-state index in [1.165, 1.54) is 12.3 Å². The summed E-state index contributed by atoms with van der Waals surface area (Å²) >= 11 is 0. The number of anilines is 3. The minimum absolute atomic E-state index is 0.141. The molecule has 0 atom stereocenters. The third kappa shape index (κ3) is 5.81. The second kappa shape index (κ2) is 10.2. The number of nitrogens with one attached hydrogen (secondary N) is 2. The Labute approximate surface area is 190 Å². The van der Waals surface area contributed by atoms with Crippen LogP contribution < -0.4 is 21.1 Å². The van der Waals surface area contributed by atoms with Crippen LogP contribution in [-0.2, 0) is 0 Å². The highest BCUT2D eigenvalue weighted by Crippen LogP contribution is 2.26. The summed E-state index contributed by atoms with van der Waals surface area (Å²) in [6, 6.07) is 22.0. The summed E-state index contributed by atoms with van der Waals surface area (Å²) in [7, 11) is 0. The van der Waals surface area contributed by atoms with Crippen molar-refractivity contribution in [3.8, 4) is 22.8 Å². The van der Waals surface area contributed by atoms with Gasteiger partial charge in [-0.15, -0.1) is 0 Å². The van der Waals surface area contributed by atoms with Gasteiger partial charge in [-0.05, 0) is 30.3 Å². The second-order valence-corrected chi connectivity index (χ2v) is 6.97. The van der Waals surface area contributed by atoms with Gasteiger partial charge in [0, 0.05) is 36.1 Å². The number of nitrogen functional groups attached to an aromatic ring is 1. The molecule has 4 rings (SSSR count). The van der Waals surface area contributed by atoms with E-state index in [1.54, 1.807) is 18.2 Å². The van der Waals surface area contributed by atoms with Crippen LogP contribution in [0.15, 0.2) is 79.0 Å². The molecule has 9 nitrogen and oxygen atoms in total. The van der Waals surface area contributed by atoms with Crippen LogP contribution in [-0.4, -0.2) is 39.1 Å².